The van der Waals surface area contributed by atoms with Gasteiger partial charge in [-0.1, -0.05) is 127 Å². The molecule has 0 amide bonds. The maximum atomic E-state index is 12.8. The molecule has 41 heavy (non-hydrogen) atoms. The third-order valence-corrected chi connectivity index (χ3v) is 8.06. The molecule has 0 fully saturated rings. The number of carbonyl (C=O) groups excluding carboxylic acids is 1. The van der Waals surface area contributed by atoms with E-state index in [2.05, 4.69) is 64.1 Å². The summed E-state index contributed by atoms with van der Waals surface area (Å²) < 4.78 is 11.8. The lowest BCUT2D eigenvalue weighted by Gasteiger charge is -2.16. The number of esters is 1. The average Bonchev–Trinajstić information content (AvgIpc) is 3.01. The van der Waals surface area contributed by atoms with Crippen molar-refractivity contribution in [3.05, 3.63) is 89.5 Å². The summed E-state index contributed by atoms with van der Waals surface area (Å²) in [5.41, 5.74) is 5.27. The molecule has 3 nitrogen and oxygen atoms in total. The largest absolute Gasteiger partial charge is 0.423 e. The Kier molecular flexibility index (Phi) is 14.7. The van der Waals surface area contributed by atoms with E-state index >= 15 is 0 Å². The molecule has 0 N–H and O–H groups in total. The standard InChI is InChI=1S/C38H52O3/c1-5-8-10-11-12-13-14-29-40-30(4)31-17-19-33(20-18-31)34-21-23-36(24-22-34)38(39)41-37-27-25-35(26-28-37)32(15-7-3)16-9-6-2/h17-28,30,32H,5-16,29H2,1-4H3. The van der Waals surface area contributed by atoms with Gasteiger partial charge < -0.3 is 9.47 Å². The fraction of sp³-hybridized carbons (Fsp3) is 0.500. The van der Waals surface area contributed by atoms with E-state index in [1.54, 1.807) is 0 Å². The molecule has 2 atom stereocenters. The lowest BCUT2D eigenvalue weighted by molar-refractivity contribution is 0.0627. The van der Waals surface area contributed by atoms with Crippen molar-refractivity contribution >= 4 is 5.97 Å². The maximum Gasteiger partial charge on any atom is 0.343 e. The molecule has 0 radical (unpaired) electrons. The molecule has 3 aromatic carbocycles. The Balaban J connectivity index is 1.48. The van der Waals surface area contributed by atoms with Crippen molar-refractivity contribution in [2.45, 2.75) is 117 Å². The number of carbonyl (C=O) groups is 1. The van der Waals surface area contributed by atoms with Crippen molar-refractivity contribution in [2.24, 2.45) is 0 Å². The minimum absolute atomic E-state index is 0.0872. The molecular weight excluding hydrogens is 504 g/mol. The van der Waals surface area contributed by atoms with Gasteiger partial charge in [0.2, 0.25) is 0 Å². The lowest BCUT2D eigenvalue weighted by atomic mass is 9.90. The van der Waals surface area contributed by atoms with Crippen LogP contribution < -0.4 is 4.74 Å². The number of hydrogen-bond donors (Lipinski definition) is 0. The molecule has 0 aliphatic rings. The quantitative estimate of drug-likeness (QED) is 0.0836. The van der Waals surface area contributed by atoms with Crippen LogP contribution >= 0.6 is 0 Å². The Morgan fingerprint density at radius 2 is 1.17 bits per heavy atom. The Morgan fingerprint density at radius 1 is 0.610 bits per heavy atom. The number of ether oxygens (including phenoxy) is 2. The van der Waals surface area contributed by atoms with Gasteiger partial charge in [0, 0.05) is 6.61 Å². The molecular formula is C38H52O3. The molecule has 3 heteroatoms. The number of benzene rings is 3. The minimum Gasteiger partial charge on any atom is -0.423 e. The van der Waals surface area contributed by atoms with E-state index in [4.69, 9.17) is 9.47 Å². The number of hydrogen-bond acceptors (Lipinski definition) is 3. The molecule has 222 valence electrons. The van der Waals surface area contributed by atoms with Crippen LogP contribution in [-0.2, 0) is 4.74 Å². The van der Waals surface area contributed by atoms with E-state index in [-0.39, 0.29) is 12.1 Å². The van der Waals surface area contributed by atoms with Gasteiger partial charge in [-0.15, -0.1) is 0 Å². The summed E-state index contributed by atoms with van der Waals surface area (Å²) in [6.07, 6.45) is 15.2. The zero-order valence-corrected chi connectivity index (χ0v) is 26.0. The lowest BCUT2D eigenvalue weighted by Crippen LogP contribution is -2.08. The van der Waals surface area contributed by atoms with Crippen LogP contribution in [0.5, 0.6) is 5.75 Å². The highest BCUT2D eigenvalue weighted by Gasteiger charge is 2.13. The molecule has 0 saturated heterocycles. The number of unbranched alkanes of at least 4 members (excludes halogenated alkanes) is 7. The highest BCUT2D eigenvalue weighted by Crippen LogP contribution is 2.29. The topological polar surface area (TPSA) is 35.5 Å². The summed E-state index contributed by atoms with van der Waals surface area (Å²) in [7, 11) is 0. The smallest absolute Gasteiger partial charge is 0.343 e. The Labute approximate surface area is 249 Å². The molecule has 0 bridgehead atoms. The number of rotatable bonds is 19. The van der Waals surface area contributed by atoms with Gasteiger partial charge in [0.1, 0.15) is 5.75 Å². The Bertz CT molecular complexity index is 1120. The van der Waals surface area contributed by atoms with Crippen LogP contribution in [0.4, 0.5) is 0 Å². The zero-order chi connectivity index (χ0) is 29.3. The third kappa shape index (κ3) is 11.1. The molecule has 0 heterocycles. The van der Waals surface area contributed by atoms with Crippen LogP contribution in [0.3, 0.4) is 0 Å². The molecule has 3 aromatic rings. The van der Waals surface area contributed by atoms with Gasteiger partial charge in [-0.05, 0) is 78.6 Å². The summed E-state index contributed by atoms with van der Waals surface area (Å²) in [5, 5.41) is 0. The van der Waals surface area contributed by atoms with E-state index in [0.717, 1.165) is 24.2 Å². The first kappa shape index (κ1) is 32.6. The van der Waals surface area contributed by atoms with Gasteiger partial charge in [0.05, 0.1) is 11.7 Å². The monoisotopic (exact) mass is 556 g/mol. The highest BCUT2D eigenvalue weighted by molar-refractivity contribution is 5.91. The van der Waals surface area contributed by atoms with Crippen LogP contribution in [0, 0.1) is 0 Å². The fourth-order valence-electron chi connectivity index (χ4n) is 5.41. The normalized spacial score (nSPS) is 12.7. The molecule has 3 rings (SSSR count). The van der Waals surface area contributed by atoms with Crippen LogP contribution in [0.1, 0.15) is 138 Å². The summed E-state index contributed by atoms with van der Waals surface area (Å²) in [6.45, 7) is 9.68. The van der Waals surface area contributed by atoms with Crippen LogP contribution in [-0.4, -0.2) is 12.6 Å². The second kappa shape index (κ2) is 18.5. The van der Waals surface area contributed by atoms with E-state index in [9.17, 15) is 4.79 Å². The summed E-state index contributed by atoms with van der Waals surface area (Å²) >= 11 is 0. The first-order valence-corrected chi connectivity index (χ1v) is 16.2. The summed E-state index contributed by atoms with van der Waals surface area (Å²) in [4.78, 5) is 12.8. The second-order valence-corrected chi connectivity index (χ2v) is 11.4. The van der Waals surface area contributed by atoms with E-state index in [0.29, 0.717) is 17.2 Å². The van der Waals surface area contributed by atoms with Gasteiger partial charge in [0.25, 0.3) is 0 Å². The second-order valence-electron chi connectivity index (χ2n) is 11.4. The van der Waals surface area contributed by atoms with Crippen LogP contribution in [0.2, 0.25) is 0 Å². The van der Waals surface area contributed by atoms with E-state index in [1.165, 1.54) is 81.8 Å². The highest BCUT2D eigenvalue weighted by atomic mass is 16.5. The zero-order valence-electron chi connectivity index (χ0n) is 26.0. The van der Waals surface area contributed by atoms with Gasteiger partial charge >= 0.3 is 5.97 Å². The Morgan fingerprint density at radius 3 is 1.78 bits per heavy atom. The third-order valence-electron chi connectivity index (χ3n) is 8.06. The van der Waals surface area contributed by atoms with Crippen molar-refractivity contribution in [1.82, 2.24) is 0 Å². The summed E-state index contributed by atoms with van der Waals surface area (Å²) in [5.74, 6) is 0.840. The van der Waals surface area contributed by atoms with Gasteiger partial charge in [-0.2, -0.15) is 0 Å². The SMILES string of the molecule is CCCCCCCCCOC(C)c1ccc(-c2ccc(C(=O)Oc3ccc(C(CCC)CCCC)cc3)cc2)cc1. The molecule has 0 saturated carbocycles. The van der Waals surface area contributed by atoms with E-state index in [1.807, 2.05) is 36.4 Å². The molecule has 0 aliphatic heterocycles. The van der Waals surface area contributed by atoms with E-state index < -0.39 is 0 Å². The van der Waals surface area contributed by atoms with Gasteiger partial charge in [0.15, 0.2) is 0 Å². The predicted molar refractivity (Wildman–Crippen MR) is 173 cm³/mol. The van der Waals surface area contributed by atoms with Crippen molar-refractivity contribution in [1.29, 1.82) is 0 Å². The Hall–Kier alpha value is -2.91. The first-order chi connectivity index (χ1) is 20.0. The first-order valence-electron chi connectivity index (χ1n) is 16.2. The average molecular weight is 557 g/mol. The predicted octanol–water partition coefficient (Wildman–Crippen LogP) is 11.5. The molecule has 2 unspecified atom stereocenters. The van der Waals surface area contributed by atoms with Crippen molar-refractivity contribution in [3.63, 3.8) is 0 Å². The van der Waals surface area contributed by atoms with Gasteiger partial charge in [-0.25, -0.2) is 4.79 Å². The van der Waals surface area contributed by atoms with Crippen molar-refractivity contribution < 1.29 is 14.3 Å². The minimum atomic E-state index is -0.331. The maximum absolute atomic E-state index is 12.8. The van der Waals surface area contributed by atoms with Crippen LogP contribution in [0.15, 0.2) is 72.8 Å². The van der Waals surface area contributed by atoms with Gasteiger partial charge in [-0.3, -0.25) is 0 Å². The summed E-state index contributed by atoms with van der Waals surface area (Å²) in [6, 6.07) is 24.3. The molecule has 0 aliphatic carbocycles. The molecule has 0 spiro atoms. The fourth-order valence-corrected chi connectivity index (χ4v) is 5.41. The van der Waals surface area contributed by atoms with Crippen molar-refractivity contribution in [3.8, 4) is 16.9 Å². The molecule has 0 aromatic heterocycles. The van der Waals surface area contributed by atoms with Crippen LogP contribution in [0.25, 0.3) is 11.1 Å². The van der Waals surface area contributed by atoms with Crippen molar-refractivity contribution in [2.75, 3.05) is 6.61 Å².